The van der Waals surface area contributed by atoms with Gasteiger partial charge < -0.3 is 15.2 Å². The van der Waals surface area contributed by atoms with Crippen LogP contribution < -0.4 is 15.5 Å². The lowest BCUT2D eigenvalue weighted by molar-refractivity contribution is -0.124. The van der Waals surface area contributed by atoms with Gasteiger partial charge in [0.25, 0.3) is 0 Å². The van der Waals surface area contributed by atoms with E-state index in [1.165, 1.54) is 6.21 Å². The van der Waals surface area contributed by atoms with Crippen molar-refractivity contribution < 1.29 is 19.4 Å². The van der Waals surface area contributed by atoms with E-state index < -0.39 is 0 Å². The summed E-state index contributed by atoms with van der Waals surface area (Å²) in [7, 11) is 1.56. The van der Waals surface area contributed by atoms with Crippen molar-refractivity contribution in [1.29, 1.82) is 0 Å². The van der Waals surface area contributed by atoms with E-state index in [-0.39, 0.29) is 30.4 Å². The molecule has 0 aromatic heterocycles. The number of amides is 2. The summed E-state index contributed by atoms with van der Waals surface area (Å²) in [5.41, 5.74) is 3.66. The van der Waals surface area contributed by atoms with Crippen LogP contribution in [0.5, 0.6) is 11.5 Å². The maximum atomic E-state index is 11.9. The molecule has 0 fully saturated rings. The number of phenolic OH excluding ortho intramolecular Hbond substituents is 1. The Labute approximate surface area is 173 Å². The Kier molecular flexibility index (Phi) is 7.81. The van der Waals surface area contributed by atoms with Crippen LogP contribution in [0.15, 0.2) is 50.4 Å². The van der Waals surface area contributed by atoms with E-state index in [1.807, 2.05) is 0 Å². The van der Waals surface area contributed by atoms with E-state index in [9.17, 15) is 14.7 Å². The van der Waals surface area contributed by atoms with Crippen molar-refractivity contribution in [1.82, 2.24) is 5.43 Å². The predicted molar refractivity (Wildman–Crippen MR) is 110 cm³/mol. The quantitative estimate of drug-likeness (QED) is 0.399. The fourth-order valence-corrected chi connectivity index (χ4v) is 3.24. The second-order valence-corrected chi connectivity index (χ2v) is 7.11. The zero-order chi connectivity index (χ0) is 19.8. The molecular formula is C18H17Br2N3O4. The number of nitrogens with one attached hydrogen (secondary N) is 2. The Morgan fingerprint density at radius 3 is 2.30 bits per heavy atom. The molecule has 2 amide bonds. The largest absolute Gasteiger partial charge is 0.506 e. The number of anilines is 1. The van der Waals surface area contributed by atoms with Crippen molar-refractivity contribution >= 4 is 55.6 Å². The number of phenols is 1. The van der Waals surface area contributed by atoms with E-state index in [1.54, 1.807) is 43.5 Å². The third-order valence-electron chi connectivity index (χ3n) is 3.39. The smallest absolute Gasteiger partial charge is 0.240 e. The van der Waals surface area contributed by atoms with Crippen LogP contribution in [-0.4, -0.2) is 30.2 Å². The topological polar surface area (TPSA) is 100 Å². The molecule has 2 rings (SSSR count). The number of hydrogen-bond acceptors (Lipinski definition) is 5. The molecule has 0 radical (unpaired) electrons. The summed E-state index contributed by atoms with van der Waals surface area (Å²) in [6.07, 6.45) is 1.47. The molecule has 7 nitrogen and oxygen atoms in total. The molecule has 3 N–H and O–H groups in total. The Morgan fingerprint density at radius 1 is 1.11 bits per heavy atom. The first-order valence-electron chi connectivity index (χ1n) is 7.83. The van der Waals surface area contributed by atoms with E-state index in [0.717, 1.165) is 0 Å². The fourth-order valence-electron chi connectivity index (χ4n) is 2.02. The minimum absolute atomic E-state index is 0.00228. The van der Waals surface area contributed by atoms with Gasteiger partial charge in [0.15, 0.2) is 0 Å². The number of methoxy groups -OCH3 is 1. The fraction of sp³-hybridized carbons (Fsp3) is 0.167. The van der Waals surface area contributed by atoms with Gasteiger partial charge in [-0.25, -0.2) is 5.43 Å². The first-order valence-corrected chi connectivity index (χ1v) is 9.41. The number of hydrazone groups is 1. The summed E-state index contributed by atoms with van der Waals surface area (Å²) >= 11 is 6.43. The highest BCUT2D eigenvalue weighted by Crippen LogP contribution is 2.32. The van der Waals surface area contributed by atoms with Crippen molar-refractivity contribution in [2.45, 2.75) is 12.8 Å². The van der Waals surface area contributed by atoms with Gasteiger partial charge in [-0.1, -0.05) is 0 Å². The molecule has 2 aromatic rings. The summed E-state index contributed by atoms with van der Waals surface area (Å²) in [4.78, 5) is 23.7. The van der Waals surface area contributed by atoms with Crippen LogP contribution in [0.25, 0.3) is 0 Å². The van der Waals surface area contributed by atoms with Crippen LogP contribution in [0.3, 0.4) is 0 Å². The lowest BCUT2D eigenvalue weighted by Gasteiger charge is -2.06. The summed E-state index contributed by atoms with van der Waals surface area (Å²) < 4.78 is 6.04. The lowest BCUT2D eigenvalue weighted by Crippen LogP contribution is -2.20. The highest BCUT2D eigenvalue weighted by Gasteiger charge is 2.07. The minimum Gasteiger partial charge on any atom is -0.506 e. The normalized spacial score (nSPS) is 10.6. The molecule has 0 saturated heterocycles. The Hall–Kier alpha value is -2.39. The molecule has 0 aliphatic carbocycles. The standard InChI is InChI=1S/C18H17Br2N3O4/c1-27-13-4-2-12(3-5-13)22-16(24)6-7-17(25)23-21-10-11-8-14(19)18(26)15(20)9-11/h2-5,8-10,26H,6-7H2,1H3,(H,22,24)(H,23,25). The molecular weight excluding hydrogens is 482 g/mol. The number of halogens is 2. The molecule has 0 atom stereocenters. The van der Waals surface area contributed by atoms with Gasteiger partial charge in [-0.2, -0.15) is 5.10 Å². The molecule has 0 aliphatic rings. The summed E-state index contributed by atoms with van der Waals surface area (Å²) in [6.45, 7) is 0. The second kappa shape index (κ2) is 10.1. The number of benzene rings is 2. The van der Waals surface area contributed by atoms with E-state index in [4.69, 9.17) is 4.74 Å². The summed E-state index contributed by atoms with van der Waals surface area (Å²) in [5.74, 6) is 0.121. The molecule has 27 heavy (non-hydrogen) atoms. The molecule has 142 valence electrons. The monoisotopic (exact) mass is 497 g/mol. The first kappa shape index (κ1) is 20.9. The highest BCUT2D eigenvalue weighted by atomic mass is 79.9. The summed E-state index contributed by atoms with van der Waals surface area (Å²) in [5, 5.41) is 16.2. The van der Waals surface area contributed by atoms with Gasteiger partial charge in [0, 0.05) is 18.5 Å². The molecule has 0 aliphatic heterocycles. The molecule has 0 bridgehead atoms. The van der Waals surface area contributed by atoms with Gasteiger partial charge in [-0.15, -0.1) is 0 Å². The lowest BCUT2D eigenvalue weighted by atomic mass is 10.2. The molecule has 0 spiro atoms. The Bertz CT molecular complexity index is 831. The molecule has 0 saturated carbocycles. The number of rotatable bonds is 7. The van der Waals surface area contributed by atoms with Gasteiger partial charge in [0.1, 0.15) is 11.5 Å². The minimum atomic E-state index is -0.381. The van der Waals surface area contributed by atoms with Crippen molar-refractivity contribution in [3.8, 4) is 11.5 Å². The van der Waals surface area contributed by atoms with Crippen LogP contribution in [0.4, 0.5) is 5.69 Å². The van der Waals surface area contributed by atoms with Crippen LogP contribution in [0, 0.1) is 0 Å². The summed E-state index contributed by atoms with van der Waals surface area (Å²) in [6, 6.07) is 10.2. The maximum absolute atomic E-state index is 11.9. The molecule has 9 heteroatoms. The maximum Gasteiger partial charge on any atom is 0.240 e. The number of ether oxygens (including phenoxy) is 1. The zero-order valence-corrected chi connectivity index (χ0v) is 17.5. The average Bonchev–Trinajstić information content (AvgIpc) is 2.65. The van der Waals surface area contributed by atoms with Crippen molar-refractivity contribution in [2.75, 3.05) is 12.4 Å². The van der Waals surface area contributed by atoms with Gasteiger partial charge in [0.2, 0.25) is 11.8 Å². The number of aromatic hydroxyl groups is 1. The van der Waals surface area contributed by atoms with Gasteiger partial charge >= 0.3 is 0 Å². The number of hydrogen-bond donors (Lipinski definition) is 3. The van der Waals surface area contributed by atoms with Crippen molar-refractivity contribution in [3.63, 3.8) is 0 Å². The first-order chi connectivity index (χ1) is 12.9. The van der Waals surface area contributed by atoms with Gasteiger partial charge in [0.05, 0.1) is 22.3 Å². The van der Waals surface area contributed by atoms with Crippen LogP contribution in [-0.2, 0) is 9.59 Å². The predicted octanol–water partition coefficient (Wildman–Crippen LogP) is 3.79. The van der Waals surface area contributed by atoms with Crippen LogP contribution in [0.1, 0.15) is 18.4 Å². The zero-order valence-electron chi connectivity index (χ0n) is 14.3. The third-order valence-corrected chi connectivity index (χ3v) is 4.60. The number of carbonyl (C=O) groups excluding carboxylic acids is 2. The van der Waals surface area contributed by atoms with Gasteiger partial charge in [-0.3, -0.25) is 9.59 Å². The SMILES string of the molecule is COc1ccc(NC(=O)CCC(=O)NN=Cc2cc(Br)c(O)c(Br)c2)cc1. The molecule has 0 unspecified atom stereocenters. The van der Waals surface area contributed by atoms with E-state index in [0.29, 0.717) is 25.9 Å². The van der Waals surface area contributed by atoms with Crippen molar-refractivity contribution in [3.05, 3.63) is 50.9 Å². The molecule has 2 aromatic carbocycles. The third kappa shape index (κ3) is 6.69. The van der Waals surface area contributed by atoms with Crippen molar-refractivity contribution in [2.24, 2.45) is 5.10 Å². The second-order valence-electron chi connectivity index (χ2n) is 5.40. The van der Waals surface area contributed by atoms with E-state index >= 15 is 0 Å². The van der Waals surface area contributed by atoms with Crippen LogP contribution in [0.2, 0.25) is 0 Å². The number of carbonyl (C=O) groups is 2. The van der Waals surface area contributed by atoms with Crippen LogP contribution >= 0.6 is 31.9 Å². The van der Waals surface area contributed by atoms with Gasteiger partial charge in [-0.05, 0) is 73.8 Å². The Balaban J connectivity index is 1.77. The average molecular weight is 499 g/mol. The molecule has 0 heterocycles. The van der Waals surface area contributed by atoms with E-state index in [2.05, 4.69) is 47.7 Å². The number of nitrogens with zero attached hydrogens (tertiary/aromatic N) is 1. The Morgan fingerprint density at radius 2 is 1.70 bits per heavy atom. The highest BCUT2D eigenvalue weighted by molar-refractivity contribution is 9.11.